The van der Waals surface area contributed by atoms with Crippen LogP contribution in [-0.4, -0.2) is 9.97 Å². The van der Waals surface area contributed by atoms with Gasteiger partial charge >= 0.3 is 0 Å². The Balaban J connectivity index is 2.29. The van der Waals surface area contributed by atoms with Crippen LogP contribution in [0.2, 0.25) is 5.15 Å². The van der Waals surface area contributed by atoms with Crippen LogP contribution < -0.4 is 5.32 Å². The van der Waals surface area contributed by atoms with Crippen molar-refractivity contribution < 1.29 is 0 Å². The van der Waals surface area contributed by atoms with Crippen LogP contribution >= 0.6 is 11.6 Å². The first-order valence-corrected chi connectivity index (χ1v) is 6.34. The van der Waals surface area contributed by atoms with Crippen LogP contribution in [0.25, 0.3) is 0 Å². The number of hydrogen-bond donors (Lipinski definition) is 1. The van der Waals surface area contributed by atoms with E-state index in [1.807, 2.05) is 31.2 Å². The SMILES string of the molecule is CCc1nc(Nc2ccc(C)cc2)nc(Cl)c1C. The van der Waals surface area contributed by atoms with Gasteiger partial charge in [-0.1, -0.05) is 36.2 Å². The van der Waals surface area contributed by atoms with E-state index >= 15 is 0 Å². The van der Waals surface area contributed by atoms with Crippen LogP contribution in [-0.2, 0) is 6.42 Å². The van der Waals surface area contributed by atoms with E-state index in [2.05, 4.69) is 29.1 Å². The number of nitrogens with one attached hydrogen (secondary N) is 1. The maximum atomic E-state index is 6.10. The van der Waals surface area contributed by atoms with Gasteiger partial charge in [-0.15, -0.1) is 0 Å². The molecular weight excluding hydrogens is 246 g/mol. The number of benzene rings is 1. The molecule has 0 spiro atoms. The van der Waals surface area contributed by atoms with E-state index in [0.29, 0.717) is 11.1 Å². The van der Waals surface area contributed by atoms with Crippen molar-refractivity contribution in [1.29, 1.82) is 0 Å². The standard InChI is InChI=1S/C14H16ClN3/c1-4-12-10(3)13(15)18-14(17-12)16-11-7-5-9(2)6-8-11/h5-8H,4H2,1-3H3,(H,16,17,18). The van der Waals surface area contributed by atoms with Gasteiger partial charge in [0.15, 0.2) is 0 Å². The van der Waals surface area contributed by atoms with Gasteiger partial charge in [-0.05, 0) is 32.4 Å². The predicted molar refractivity (Wildman–Crippen MR) is 75.6 cm³/mol. The number of rotatable bonds is 3. The van der Waals surface area contributed by atoms with Crippen molar-refractivity contribution in [3.05, 3.63) is 46.2 Å². The topological polar surface area (TPSA) is 37.8 Å². The van der Waals surface area contributed by atoms with Gasteiger partial charge in [0, 0.05) is 11.3 Å². The summed E-state index contributed by atoms with van der Waals surface area (Å²) in [5, 5.41) is 3.68. The molecule has 2 aromatic rings. The zero-order valence-electron chi connectivity index (χ0n) is 10.8. The molecular formula is C14H16ClN3. The molecule has 0 atom stereocenters. The maximum Gasteiger partial charge on any atom is 0.228 e. The minimum Gasteiger partial charge on any atom is -0.324 e. The molecule has 0 saturated carbocycles. The van der Waals surface area contributed by atoms with E-state index in [9.17, 15) is 0 Å². The minimum atomic E-state index is 0.511. The lowest BCUT2D eigenvalue weighted by Crippen LogP contribution is -2.03. The summed E-state index contributed by atoms with van der Waals surface area (Å²) in [6.45, 7) is 6.05. The summed E-state index contributed by atoms with van der Waals surface area (Å²) in [6.07, 6.45) is 0.844. The van der Waals surface area contributed by atoms with Gasteiger partial charge in [-0.3, -0.25) is 0 Å². The summed E-state index contributed by atoms with van der Waals surface area (Å²) in [4.78, 5) is 8.70. The second kappa shape index (κ2) is 5.36. The number of aromatic nitrogens is 2. The molecule has 0 aliphatic rings. The molecule has 18 heavy (non-hydrogen) atoms. The molecule has 0 unspecified atom stereocenters. The molecule has 1 heterocycles. The molecule has 0 saturated heterocycles. The lowest BCUT2D eigenvalue weighted by Gasteiger charge is -2.09. The highest BCUT2D eigenvalue weighted by molar-refractivity contribution is 6.30. The van der Waals surface area contributed by atoms with Crippen molar-refractivity contribution in [2.24, 2.45) is 0 Å². The molecule has 0 fully saturated rings. The summed E-state index contributed by atoms with van der Waals surface area (Å²) in [5.74, 6) is 0.548. The van der Waals surface area contributed by atoms with E-state index in [1.54, 1.807) is 0 Å². The second-order valence-electron chi connectivity index (χ2n) is 4.25. The van der Waals surface area contributed by atoms with Crippen LogP contribution in [0.5, 0.6) is 0 Å². The molecule has 3 nitrogen and oxygen atoms in total. The molecule has 0 aliphatic heterocycles. The Bertz CT molecular complexity index is 550. The van der Waals surface area contributed by atoms with E-state index in [-0.39, 0.29) is 0 Å². The van der Waals surface area contributed by atoms with Crippen LogP contribution in [0.15, 0.2) is 24.3 Å². The first-order chi connectivity index (χ1) is 8.60. The fraction of sp³-hybridized carbons (Fsp3) is 0.286. The van der Waals surface area contributed by atoms with Crippen LogP contribution in [0.4, 0.5) is 11.6 Å². The molecule has 4 heteroatoms. The molecule has 0 aliphatic carbocycles. The predicted octanol–water partition coefficient (Wildman–Crippen LogP) is 4.05. The highest BCUT2D eigenvalue weighted by Crippen LogP contribution is 2.20. The van der Waals surface area contributed by atoms with Gasteiger partial charge in [0.25, 0.3) is 0 Å². The summed E-state index contributed by atoms with van der Waals surface area (Å²) < 4.78 is 0. The van der Waals surface area contributed by atoms with Crippen molar-refractivity contribution in [3.8, 4) is 0 Å². The number of aryl methyl sites for hydroxylation is 2. The smallest absolute Gasteiger partial charge is 0.228 e. The van der Waals surface area contributed by atoms with E-state index in [1.165, 1.54) is 5.56 Å². The van der Waals surface area contributed by atoms with Crippen molar-refractivity contribution >= 4 is 23.2 Å². The first-order valence-electron chi connectivity index (χ1n) is 5.97. The Morgan fingerprint density at radius 1 is 1.11 bits per heavy atom. The monoisotopic (exact) mass is 261 g/mol. The van der Waals surface area contributed by atoms with Gasteiger partial charge in [0.05, 0.1) is 5.69 Å². The van der Waals surface area contributed by atoms with Gasteiger partial charge in [-0.2, -0.15) is 0 Å². The molecule has 0 amide bonds. The van der Waals surface area contributed by atoms with Crippen LogP contribution in [0, 0.1) is 13.8 Å². The maximum absolute atomic E-state index is 6.10. The fourth-order valence-corrected chi connectivity index (χ4v) is 1.89. The lowest BCUT2D eigenvalue weighted by atomic mass is 10.2. The Labute approximate surface area is 112 Å². The van der Waals surface area contributed by atoms with Crippen molar-refractivity contribution in [3.63, 3.8) is 0 Å². The van der Waals surface area contributed by atoms with Gasteiger partial charge in [0.1, 0.15) is 5.15 Å². The van der Waals surface area contributed by atoms with Crippen LogP contribution in [0.3, 0.4) is 0 Å². The molecule has 2 rings (SSSR count). The Morgan fingerprint density at radius 2 is 1.78 bits per heavy atom. The minimum absolute atomic E-state index is 0.511. The number of halogens is 1. The van der Waals surface area contributed by atoms with Gasteiger partial charge in [-0.25, -0.2) is 9.97 Å². The average molecular weight is 262 g/mol. The number of anilines is 2. The van der Waals surface area contributed by atoms with Crippen molar-refractivity contribution in [2.75, 3.05) is 5.32 Å². The molecule has 1 aromatic carbocycles. The zero-order chi connectivity index (χ0) is 13.1. The third kappa shape index (κ3) is 2.79. The van der Waals surface area contributed by atoms with Gasteiger partial charge in [0.2, 0.25) is 5.95 Å². The van der Waals surface area contributed by atoms with E-state index < -0.39 is 0 Å². The third-order valence-electron chi connectivity index (χ3n) is 2.83. The third-order valence-corrected chi connectivity index (χ3v) is 3.20. The quantitative estimate of drug-likeness (QED) is 0.847. The van der Waals surface area contributed by atoms with Gasteiger partial charge < -0.3 is 5.32 Å². The van der Waals surface area contributed by atoms with Crippen molar-refractivity contribution in [1.82, 2.24) is 9.97 Å². The summed E-state index contributed by atoms with van der Waals surface area (Å²) in [5.41, 5.74) is 4.11. The van der Waals surface area contributed by atoms with E-state index in [4.69, 9.17) is 11.6 Å². The summed E-state index contributed by atoms with van der Waals surface area (Å²) in [6, 6.07) is 8.08. The Kier molecular flexibility index (Phi) is 3.82. The fourth-order valence-electron chi connectivity index (χ4n) is 1.70. The first kappa shape index (κ1) is 12.8. The lowest BCUT2D eigenvalue weighted by molar-refractivity contribution is 0.976. The zero-order valence-corrected chi connectivity index (χ0v) is 11.5. The Hall–Kier alpha value is -1.61. The number of hydrogen-bond acceptors (Lipinski definition) is 3. The van der Waals surface area contributed by atoms with Crippen molar-refractivity contribution in [2.45, 2.75) is 27.2 Å². The summed E-state index contributed by atoms with van der Waals surface area (Å²) >= 11 is 6.10. The largest absolute Gasteiger partial charge is 0.324 e. The molecule has 1 N–H and O–H groups in total. The van der Waals surface area contributed by atoms with Crippen LogP contribution in [0.1, 0.15) is 23.7 Å². The van der Waals surface area contributed by atoms with E-state index in [0.717, 1.165) is 23.4 Å². The molecule has 0 radical (unpaired) electrons. The summed E-state index contributed by atoms with van der Waals surface area (Å²) in [7, 11) is 0. The molecule has 0 bridgehead atoms. The normalized spacial score (nSPS) is 10.4. The average Bonchev–Trinajstić information content (AvgIpc) is 2.36. The molecule has 1 aromatic heterocycles. The molecule has 94 valence electrons. The Morgan fingerprint density at radius 3 is 2.39 bits per heavy atom. The highest BCUT2D eigenvalue weighted by atomic mass is 35.5. The number of nitrogens with zero attached hydrogens (tertiary/aromatic N) is 2. The second-order valence-corrected chi connectivity index (χ2v) is 4.61. The highest BCUT2D eigenvalue weighted by Gasteiger charge is 2.07.